The van der Waals surface area contributed by atoms with Gasteiger partial charge in [-0.1, -0.05) is 23.5 Å². The highest BCUT2D eigenvalue weighted by molar-refractivity contribution is 7.91. The molecule has 0 bridgehead atoms. The average Bonchev–Trinajstić information content (AvgIpc) is 3.35. The monoisotopic (exact) mass is 589 g/mol. The largest absolute Gasteiger partial charge is 0.492 e. The summed E-state index contributed by atoms with van der Waals surface area (Å²) >= 11 is 0.278. The fourth-order valence-electron chi connectivity index (χ4n) is 3.73. The molecule has 0 saturated heterocycles. The van der Waals surface area contributed by atoms with E-state index in [-0.39, 0.29) is 54.4 Å². The van der Waals surface area contributed by atoms with Gasteiger partial charge < -0.3 is 5.11 Å². The van der Waals surface area contributed by atoms with Gasteiger partial charge in [0.05, 0.1) is 27.6 Å². The third-order valence-corrected chi connectivity index (χ3v) is 6.90. The molecule has 0 saturated carbocycles. The smallest absolute Gasteiger partial charge is 0.416 e. The second-order valence-corrected chi connectivity index (χ2v) is 10.8. The second kappa shape index (κ2) is 9.54. The maximum atomic E-state index is 13.9. The number of nitrogens with zero attached hydrogens (tertiary/aromatic N) is 4. The van der Waals surface area contributed by atoms with E-state index in [0.29, 0.717) is 18.4 Å². The molecule has 0 radical (unpaired) electrons. The Morgan fingerprint density at radius 3 is 2.38 bits per heavy atom. The first-order chi connectivity index (χ1) is 18.0. The summed E-state index contributed by atoms with van der Waals surface area (Å²) in [5.41, 5.74) is -3.91. The van der Waals surface area contributed by atoms with Crippen LogP contribution in [0.2, 0.25) is 0 Å². The molecule has 2 N–H and O–H groups in total. The summed E-state index contributed by atoms with van der Waals surface area (Å²) < 4.78 is 105. The van der Waals surface area contributed by atoms with E-state index in [1.54, 1.807) is 10.9 Å². The van der Waals surface area contributed by atoms with Crippen LogP contribution in [0.15, 0.2) is 51.4 Å². The molecular weight excluding hydrogens is 576 g/mol. The number of thiazole rings is 1. The van der Waals surface area contributed by atoms with Gasteiger partial charge in [-0.15, -0.1) is 10.2 Å². The van der Waals surface area contributed by atoms with Gasteiger partial charge in [-0.25, -0.2) is 13.2 Å². The molecule has 0 aliphatic carbocycles. The summed E-state index contributed by atoms with van der Waals surface area (Å²) in [6.45, 7) is 0. The van der Waals surface area contributed by atoms with Crippen molar-refractivity contribution in [3.05, 3.63) is 83.8 Å². The molecule has 1 aromatic heterocycles. The van der Waals surface area contributed by atoms with E-state index in [4.69, 9.17) is 0 Å². The molecule has 0 fully saturated rings. The van der Waals surface area contributed by atoms with Crippen LogP contribution >= 0.6 is 11.3 Å². The third kappa shape index (κ3) is 5.66. The summed E-state index contributed by atoms with van der Waals surface area (Å²) in [5.74, 6) is -0.967. The number of sulfonamides is 1. The van der Waals surface area contributed by atoms with Crippen LogP contribution in [0.1, 0.15) is 27.1 Å². The number of nitrogens with one attached hydrogen (secondary N) is 1. The van der Waals surface area contributed by atoms with E-state index in [0.717, 1.165) is 0 Å². The first-order valence-corrected chi connectivity index (χ1v) is 13.1. The van der Waals surface area contributed by atoms with Gasteiger partial charge >= 0.3 is 17.2 Å². The van der Waals surface area contributed by atoms with E-state index < -0.39 is 56.2 Å². The van der Waals surface area contributed by atoms with E-state index in [2.05, 4.69) is 10.2 Å². The maximum Gasteiger partial charge on any atom is 0.416 e. The van der Waals surface area contributed by atoms with Gasteiger partial charge in [0.2, 0.25) is 15.9 Å². The number of aromatic hydroxyl groups is 1. The highest BCUT2D eigenvalue weighted by Gasteiger charge is 2.38. The van der Waals surface area contributed by atoms with Crippen molar-refractivity contribution in [3.8, 4) is 11.9 Å². The van der Waals surface area contributed by atoms with Crippen LogP contribution in [0.5, 0.6) is 5.88 Å². The molecule has 9 nitrogen and oxygen atoms in total. The average molecular weight is 589 g/mol. The molecule has 0 unspecified atom stereocenters. The number of halogens is 6. The minimum atomic E-state index is -5.21. The molecule has 39 heavy (non-hydrogen) atoms. The highest BCUT2D eigenvalue weighted by atomic mass is 32.2. The fourth-order valence-corrected chi connectivity index (χ4v) is 5.18. The first kappa shape index (κ1) is 27.9. The van der Waals surface area contributed by atoms with Crippen molar-refractivity contribution in [2.75, 3.05) is 11.1 Å². The summed E-state index contributed by atoms with van der Waals surface area (Å²) in [4.78, 5) is 12.8. The SMILES string of the molecule is CS(=O)(=O)Nn1c(O)c(C(Cc2ccc(C(F)(F)F)cc2C(F)(F)F)=c2ccc3c(c2)C(C#N)=NN=3)sc1=O. The van der Waals surface area contributed by atoms with Crippen LogP contribution in [0.25, 0.3) is 5.57 Å². The van der Waals surface area contributed by atoms with Crippen molar-refractivity contribution in [1.29, 1.82) is 5.26 Å². The van der Waals surface area contributed by atoms with Crippen molar-refractivity contribution in [1.82, 2.24) is 4.68 Å². The fraction of sp³-hybridized carbons (Fsp3) is 0.182. The lowest BCUT2D eigenvalue weighted by Crippen LogP contribution is -2.28. The Hall–Kier alpha value is -4.17. The summed E-state index contributed by atoms with van der Waals surface area (Å²) in [6, 6.07) is 6.83. The Morgan fingerprint density at radius 1 is 1.10 bits per heavy atom. The van der Waals surface area contributed by atoms with Gasteiger partial charge in [0.1, 0.15) is 6.07 Å². The van der Waals surface area contributed by atoms with Gasteiger partial charge in [0, 0.05) is 12.0 Å². The molecule has 17 heteroatoms. The molecule has 0 atom stereocenters. The van der Waals surface area contributed by atoms with E-state index >= 15 is 0 Å². The van der Waals surface area contributed by atoms with Crippen LogP contribution < -0.4 is 20.3 Å². The van der Waals surface area contributed by atoms with Crippen molar-refractivity contribution < 1.29 is 39.9 Å². The number of benzene rings is 2. The highest BCUT2D eigenvalue weighted by Crippen LogP contribution is 2.39. The van der Waals surface area contributed by atoms with Crippen LogP contribution in [-0.4, -0.2) is 30.2 Å². The number of alkyl halides is 6. The normalized spacial score (nSPS) is 14.3. The zero-order valence-corrected chi connectivity index (χ0v) is 20.8. The molecule has 0 amide bonds. The quantitative estimate of drug-likeness (QED) is 0.441. The zero-order chi connectivity index (χ0) is 28.9. The van der Waals surface area contributed by atoms with Crippen molar-refractivity contribution in [2.24, 2.45) is 10.2 Å². The van der Waals surface area contributed by atoms with E-state index in [1.807, 2.05) is 0 Å². The lowest BCUT2D eigenvalue weighted by atomic mass is 9.94. The Kier molecular flexibility index (Phi) is 6.81. The molecule has 1 aliphatic heterocycles. The predicted molar refractivity (Wildman–Crippen MR) is 126 cm³/mol. The molecular formula is C22H13F6N5O4S2. The minimum Gasteiger partial charge on any atom is -0.492 e. The Balaban J connectivity index is 2.02. The summed E-state index contributed by atoms with van der Waals surface area (Å²) in [6.07, 6.45) is -10.3. The molecule has 4 rings (SSSR count). The predicted octanol–water partition coefficient (Wildman–Crippen LogP) is 2.46. The number of nitriles is 1. The van der Waals surface area contributed by atoms with Crippen molar-refractivity contribution >= 4 is 32.6 Å². The Morgan fingerprint density at radius 2 is 1.79 bits per heavy atom. The molecule has 0 spiro atoms. The Labute approximate surface area is 218 Å². The van der Waals surface area contributed by atoms with E-state index in [9.17, 15) is 49.9 Å². The van der Waals surface area contributed by atoms with Gasteiger partial charge in [0.25, 0.3) is 0 Å². The van der Waals surface area contributed by atoms with Crippen molar-refractivity contribution in [3.63, 3.8) is 0 Å². The van der Waals surface area contributed by atoms with Crippen LogP contribution in [0.4, 0.5) is 26.3 Å². The third-order valence-electron chi connectivity index (χ3n) is 5.39. The molecule has 2 heterocycles. The van der Waals surface area contributed by atoms with Gasteiger partial charge in [-0.3, -0.25) is 4.79 Å². The number of aromatic nitrogens is 1. The number of rotatable bonds is 5. The summed E-state index contributed by atoms with van der Waals surface area (Å²) in [5, 5.41) is 27.8. The van der Waals surface area contributed by atoms with Gasteiger partial charge in [-0.2, -0.15) is 36.3 Å². The van der Waals surface area contributed by atoms with Crippen molar-refractivity contribution in [2.45, 2.75) is 18.8 Å². The van der Waals surface area contributed by atoms with E-state index in [1.165, 1.54) is 18.2 Å². The van der Waals surface area contributed by atoms with Crippen LogP contribution in [-0.2, 0) is 28.8 Å². The lowest BCUT2D eigenvalue weighted by Gasteiger charge is -2.17. The number of hydrogen-bond donors (Lipinski definition) is 2. The summed E-state index contributed by atoms with van der Waals surface area (Å²) in [7, 11) is -4.09. The molecule has 3 aromatic rings. The van der Waals surface area contributed by atoms with Gasteiger partial charge in [0.15, 0.2) is 5.71 Å². The number of hydrogen-bond acceptors (Lipinski definition) is 8. The lowest BCUT2D eigenvalue weighted by molar-refractivity contribution is -0.143. The molecule has 2 aromatic carbocycles. The van der Waals surface area contributed by atoms with Gasteiger partial charge in [-0.05, 0) is 40.6 Å². The topological polar surface area (TPSA) is 137 Å². The number of fused-ring (bicyclic) bond motifs is 1. The molecule has 204 valence electrons. The van der Waals surface area contributed by atoms with Crippen LogP contribution in [0, 0.1) is 11.3 Å². The molecule has 1 aliphatic rings. The Bertz CT molecular complexity index is 1870. The second-order valence-electron chi connectivity index (χ2n) is 8.13. The first-order valence-electron chi connectivity index (χ1n) is 10.4. The maximum absolute atomic E-state index is 13.9. The zero-order valence-electron chi connectivity index (χ0n) is 19.2. The van der Waals surface area contributed by atoms with Crippen LogP contribution in [0.3, 0.4) is 0 Å². The standard InChI is InChI=1S/C22H13F6N5O4S2/c1-39(36,37)32-33-19(34)18(38-20(33)35)13(10-3-5-16-14(6-10)17(9-29)31-30-16)7-11-2-4-12(21(23,24)25)8-15(11)22(26,27)28/h2-6,8,32,34H,7H2,1H3. The minimum absolute atomic E-state index is 0.0479.